The molecule has 0 fully saturated rings. The van der Waals surface area contributed by atoms with Crippen LogP contribution in [-0.2, 0) is 10.0 Å². The Morgan fingerprint density at radius 2 is 1.94 bits per heavy atom. The minimum atomic E-state index is -4.13. The summed E-state index contributed by atoms with van der Waals surface area (Å²) in [6, 6.07) is 10.5. The number of thiazole rings is 1. The number of nitrogens with one attached hydrogen (secondary N) is 2. The lowest BCUT2D eigenvalue weighted by molar-refractivity contribution is 0.256. The van der Waals surface area contributed by atoms with Gasteiger partial charge in [0, 0.05) is 17.3 Å². The molecule has 0 unspecified atom stereocenters. The number of thiophene rings is 1. The van der Waals surface area contributed by atoms with Gasteiger partial charge in [-0.1, -0.05) is 11.6 Å². The second-order valence-corrected chi connectivity index (χ2v) is 11.5. The van der Waals surface area contributed by atoms with Crippen LogP contribution in [0.4, 0.5) is 14.9 Å². The van der Waals surface area contributed by atoms with Gasteiger partial charge in [0.2, 0.25) is 0 Å². The molecule has 2 aromatic carbocycles. The molecule has 13 heteroatoms. The number of anilines is 1. The first-order valence-corrected chi connectivity index (χ1v) is 13.0. The number of amides is 2. The third kappa shape index (κ3) is 4.16. The molecule has 0 atom stereocenters. The standard InChI is InChI=1S/C21H12ClFN4O4S3/c22-18-3-4-19(33-18)34(30,31)26-21(29)25-12-1-2-16(14(23)8-12)27-6-5-11-7-15-17(32-10-24-15)9-13(11)20(27)28/h1-10H,(H2,25,26,29). The van der Waals surface area contributed by atoms with E-state index in [1.165, 1.54) is 46.4 Å². The van der Waals surface area contributed by atoms with E-state index in [0.29, 0.717) is 10.8 Å². The Hall–Kier alpha value is -3.32. The number of urea groups is 1. The predicted molar refractivity (Wildman–Crippen MR) is 131 cm³/mol. The van der Waals surface area contributed by atoms with E-state index < -0.39 is 27.4 Å². The van der Waals surface area contributed by atoms with E-state index in [2.05, 4.69) is 10.3 Å². The van der Waals surface area contributed by atoms with Crippen LogP contribution in [0.2, 0.25) is 4.34 Å². The molecule has 0 aliphatic rings. The molecule has 5 rings (SSSR count). The van der Waals surface area contributed by atoms with Crippen molar-refractivity contribution < 1.29 is 17.6 Å². The topological polar surface area (TPSA) is 110 Å². The summed E-state index contributed by atoms with van der Waals surface area (Å²) < 4.78 is 43.3. The van der Waals surface area contributed by atoms with Crippen LogP contribution >= 0.6 is 34.3 Å². The maximum atomic E-state index is 14.9. The van der Waals surface area contributed by atoms with Crippen molar-refractivity contribution in [1.29, 1.82) is 0 Å². The van der Waals surface area contributed by atoms with E-state index in [1.54, 1.807) is 23.7 Å². The molecule has 0 saturated heterocycles. The molecule has 0 aliphatic heterocycles. The van der Waals surface area contributed by atoms with Crippen molar-refractivity contribution in [1.82, 2.24) is 14.3 Å². The van der Waals surface area contributed by atoms with Gasteiger partial charge in [-0.05, 0) is 53.9 Å². The molecule has 2 amide bonds. The average Bonchev–Trinajstić information content (AvgIpc) is 3.42. The van der Waals surface area contributed by atoms with E-state index in [9.17, 15) is 22.4 Å². The van der Waals surface area contributed by atoms with Gasteiger partial charge >= 0.3 is 6.03 Å². The summed E-state index contributed by atoms with van der Waals surface area (Å²) in [6.07, 6.45) is 1.46. The maximum absolute atomic E-state index is 14.9. The van der Waals surface area contributed by atoms with E-state index >= 15 is 0 Å². The van der Waals surface area contributed by atoms with Crippen molar-refractivity contribution in [2.45, 2.75) is 4.21 Å². The van der Waals surface area contributed by atoms with Crippen LogP contribution in [-0.4, -0.2) is 24.0 Å². The highest BCUT2D eigenvalue weighted by Crippen LogP contribution is 2.26. The minimum absolute atomic E-state index is 0.00151. The monoisotopic (exact) mass is 534 g/mol. The molecule has 5 aromatic rings. The lowest BCUT2D eigenvalue weighted by Gasteiger charge is -2.11. The van der Waals surface area contributed by atoms with E-state index in [0.717, 1.165) is 27.6 Å². The summed E-state index contributed by atoms with van der Waals surface area (Å²) in [4.78, 5) is 29.4. The third-order valence-corrected chi connectivity index (χ3v) is 8.71. The quantitative estimate of drug-likeness (QED) is 0.338. The molecule has 0 saturated carbocycles. The lowest BCUT2D eigenvalue weighted by atomic mass is 10.1. The number of benzene rings is 2. The van der Waals surface area contributed by atoms with Gasteiger partial charge < -0.3 is 5.32 Å². The Morgan fingerprint density at radius 1 is 1.12 bits per heavy atom. The fourth-order valence-corrected chi connectivity index (χ4v) is 6.42. The molecule has 2 N–H and O–H groups in total. The normalized spacial score (nSPS) is 11.7. The zero-order chi connectivity index (χ0) is 24.0. The molecule has 0 aliphatic carbocycles. The number of rotatable bonds is 4. The Bertz CT molecular complexity index is 1760. The van der Waals surface area contributed by atoms with Gasteiger partial charge in [-0.2, -0.15) is 0 Å². The van der Waals surface area contributed by atoms with Crippen LogP contribution in [0.25, 0.3) is 26.7 Å². The van der Waals surface area contributed by atoms with Crippen molar-refractivity contribution in [2.75, 3.05) is 5.32 Å². The van der Waals surface area contributed by atoms with Crippen molar-refractivity contribution in [2.24, 2.45) is 0 Å². The van der Waals surface area contributed by atoms with Crippen LogP contribution in [0.3, 0.4) is 0 Å². The Labute approximate surface area is 204 Å². The van der Waals surface area contributed by atoms with Gasteiger partial charge in [-0.3, -0.25) is 9.36 Å². The molecule has 0 spiro atoms. The van der Waals surface area contributed by atoms with Crippen LogP contribution in [0, 0.1) is 5.82 Å². The summed E-state index contributed by atoms with van der Waals surface area (Å²) in [7, 11) is -4.13. The van der Waals surface area contributed by atoms with Crippen molar-refractivity contribution >= 4 is 77.0 Å². The number of nitrogens with zero attached hydrogens (tertiary/aromatic N) is 2. The van der Waals surface area contributed by atoms with Crippen molar-refractivity contribution in [3.63, 3.8) is 0 Å². The first-order valence-electron chi connectivity index (χ1n) is 9.49. The number of sulfonamides is 1. The fraction of sp³-hybridized carbons (Fsp3) is 0. The zero-order valence-electron chi connectivity index (χ0n) is 16.8. The number of carbonyl (C=O) groups is 1. The van der Waals surface area contributed by atoms with Gasteiger partial charge in [0.05, 0.1) is 25.8 Å². The average molecular weight is 535 g/mol. The third-order valence-electron chi connectivity index (χ3n) is 4.86. The highest BCUT2D eigenvalue weighted by molar-refractivity contribution is 7.92. The van der Waals surface area contributed by atoms with E-state index in [1.807, 2.05) is 4.72 Å². The van der Waals surface area contributed by atoms with Crippen LogP contribution in [0.15, 0.2) is 69.2 Å². The maximum Gasteiger partial charge on any atom is 0.333 e. The minimum Gasteiger partial charge on any atom is -0.307 e. The van der Waals surface area contributed by atoms with Gasteiger partial charge in [0.25, 0.3) is 15.6 Å². The van der Waals surface area contributed by atoms with Gasteiger partial charge in [-0.15, -0.1) is 22.7 Å². The molecule has 3 heterocycles. The summed E-state index contributed by atoms with van der Waals surface area (Å²) in [6.45, 7) is 0. The Balaban J connectivity index is 1.41. The molecule has 0 radical (unpaired) electrons. The summed E-state index contributed by atoms with van der Waals surface area (Å²) in [5.74, 6) is -0.786. The van der Waals surface area contributed by atoms with Crippen molar-refractivity contribution in [3.8, 4) is 5.69 Å². The number of hydrogen-bond donors (Lipinski definition) is 2. The lowest BCUT2D eigenvalue weighted by Crippen LogP contribution is -2.34. The predicted octanol–water partition coefficient (Wildman–Crippen LogP) is 4.96. The number of halogens is 2. The second kappa shape index (κ2) is 8.47. The van der Waals surface area contributed by atoms with Crippen LogP contribution < -0.4 is 15.6 Å². The second-order valence-electron chi connectivity index (χ2n) is 7.03. The first-order chi connectivity index (χ1) is 16.2. The summed E-state index contributed by atoms with van der Waals surface area (Å²) >= 11 is 7.92. The Kier molecular flexibility index (Phi) is 5.60. The van der Waals surface area contributed by atoms with Crippen LogP contribution in [0.5, 0.6) is 0 Å². The molecule has 3 aromatic heterocycles. The van der Waals surface area contributed by atoms with E-state index in [4.69, 9.17) is 11.6 Å². The highest BCUT2D eigenvalue weighted by Gasteiger charge is 2.20. The highest BCUT2D eigenvalue weighted by atomic mass is 35.5. The smallest absolute Gasteiger partial charge is 0.307 e. The molecule has 34 heavy (non-hydrogen) atoms. The Morgan fingerprint density at radius 3 is 2.68 bits per heavy atom. The van der Waals surface area contributed by atoms with Gasteiger partial charge in [-0.25, -0.2) is 27.3 Å². The molecule has 172 valence electrons. The largest absolute Gasteiger partial charge is 0.333 e. The zero-order valence-corrected chi connectivity index (χ0v) is 20.0. The van der Waals surface area contributed by atoms with E-state index in [-0.39, 0.29) is 19.9 Å². The molecule has 8 nitrogen and oxygen atoms in total. The van der Waals surface area contributed by atoms with Gasteiger partial charge in [0.1, 0.15) is 10.0 Å². The summed E-state index contributed by atoms with van der Waals surface area (Å²) in [5.41, 5.74) is 2.02. The molecular formula is C21H12ClFN4O4S3. The molecular weight excluding hydrogens is 523 g/mol. The number of fused-ring (bicyclic) bond motifs is 2. The fourth-order valence-electron chi connectivity index (χ4n) is 3.34. The van der Waals surface area contributed by atoms with Crippen LogP contribution in [0.1, 0.15) is 0 Å². The first kappa shape index (κ1) is 22.5. The van der Waals surface area contributed by atoms with Gasteiger partial charge in [0.15, 0.2) is 0 Å². The number of carbonyl (C=O) groups excluding carboxylic acids is 1. The number of pyridine rings is 1. The van der Waals surface area contributed by atoms with Crippen molar-refractivity contribution in [3.05, 3.63) is 80.7 Å². The number of hydrogen-bond acceptors (Lipinski definition) is 7. The molecule has 0 bridgehead atoms. The number of aromatic nitrogens is 2. The SMILES string of the molecule is O=C(Nc1ccc(-n2ccc3cc4ncsc4cc3c2=O)c(F)c1)NS(=O)(=O)c1ccc(Cl)s1. The summed E-state index contributed by atoms with van der Waals surface area (Å²) in [5, 5.41) is 3.36.